The third-order valence-electron chi connectivity index (χ3n) is 3.78. The summed E-state index contributed by atoms with van der Waals surface area (Å²) in [4.78, 5) is 14.1. The largest absolute Gasteiger partial charge is 0.361 e. The molecule has 0 fully saturated rings. The molecule has 0 spiro atoms. The molecule has 2 aromatic rings. The number of nitrogens with one attached hydrogen (secondary N) is 1. The fourth-order valence-electron chi connectivity index (χ4n) is 2.29. The summed E-state index contributed by atoms with van der Waals surface area (Å²) in [5.41, 5.74) is 2.75. The fraction of sp³-hybridized carbons (Fsp3) is 0.412. The van der Waals surface area contributed by atoms with Crippen LogP contribution < -0.4 is 5.32 Å². The van der Waals surface area contributed by atoms with Gasteiger partial charge < -0.3 is 9.84 Å². The molecule has 1 aromatic carbocycles. The number of likely N-dealkylation sites (N-methyl/N-ethyl adjacent to an activating group) is 1. The molecule has 23 heavy (non-hydrogen) atoms. The van der Waals surface area contributed by atoms with Gasteiger partial charge in [0.05, 0.1) is 12.2 Å². The molecule has 0 aliphatic rings. The third kappa shape index (κ3) is 4.89. The van der Waals surface area contributed by atoms with E-state index in [-0.39, 0.29) is 11.7 Å². The second kappa shape index (κ2) is 7.87. The zero-order chi connectivity index (χ0) is 16.8. The molecule has 124 valence electrons. The van der Waals surface area contributed by atoms with E-state index in [4.69, 9.17) is 4.52 Å². The number of hydrogen-bond acceptors (Lipinski definition) is 4. The van der Waals surface area contributed by atoms with Crippen LogP contribution in [0.25, 0.3) is 0 Å². The summed E-state index contributed by atoms with van der Waals surface area (Å²) >= 11 is 0. The van der Waals surface area contributed by atoms with Crippen LogP contribution >= 0.6 is 0 Å². The molecule has 1 N–H and O–H groups in total. The molecule has 0 atom stereocenters. The Balaban J connectivity index is 1.86. The lowest BCUT2D eigenvalue weighted by atomic mass is 10.2. The normalized spacial score (nSPS) is 11.0. The lowest BCUT2D eigenvalue weighted by Crippen LogP contribution is -2.36. The van der Waals surface area contributed by atoms with Crippen LogP contribution in [0.5, 0.6) is 0 Å². The van der Waals surface area contributed by atoms with E-state index in [0.29, 0.717) is 19.6 Å². The first-order chi connectivity index (χ1) is 11.0. The SMILES string of the molecule is CCN(CC(=O)NCc1ccc(F)cc1)Cc1c(C)noc1C. The van der Waals surface area contributed by atoms with Crippen molar-refractivity contribution in [2.24, 2.45) is 0 Å². The van der Waals surface area contributed by atoms with Gasteiger partial charge in [-0.15, -0.1) is 0 Å². The Kier molecular flexibility index (Phi) is 5.87. The van der Waals surface area contributed by atoms with Crippen LogP contribution in [-0.2, 0) is 17.9 Å². The Morgan fingerprint density at radius 3 is 2.57 bits per heavy atom. The van der Waals surface area contributed by atoms with Crippen LogP contribution in [0.2, 0.25) is 0 Å². The highest BCUT2D eigenvalue weighted by molar-refractivity contribution is 5.78. The fourth-order valence-corrected chi connectivity index (χ4v) is 2.29. The van der Waals surface area contributed by atoms with Gasteiger partial charge in [0.2, 0.25) is 5.91 Å². The summed E-state index contributed by atoms with van der Waals surface area (Å²) in [5, 5.41) is 6.78. The number of aromatic nitrogens is 1. The Bertz CT molecular complexity index is 633. The Labute approximate surface area is 135 Å². The summed E-state index contributed by atoms with van der Waals surface area (Å²) < 4.78 is 18.0. The van der Waals surface area contributed by atoms with Gasteiger partial charge in [0, 0.05) is 18.7 Å². The molecule has 2 rings (SSSR count). The van der Waals surface area contributed by atoms with Crippen molar-refractivity contribution in [1.82, 2.24) is 15.4 Å². The predicted molar refractivity (Wildman–Crippen MR) is 85.2 cm³/mol. The van der Waals surface area contributed by atoms with Gasteiger partial charge in [0.1, 0.15) is 11.6 Å². The number of amides is 1. The van der Waals surface area contributed by atoms with Gasteiger partial charge in [0.15, 0.2) is 0 Å². The first-order valence-electron chi connectivity index (χ1n) is 7.64. The van der Waals surface area contributed by atoms with E-state index in [9.17, 15) is 9.18 Å². The molecule has 0 aliphatic heterocycles. The van der Waals surface area contributed by atoms with Gasteiger partial charge in [-0.2, -0.15) is 0 Å². The van der Waals surface area contributed by atoms with E-state index >= 15 is 0 Å². The number of hydrogen-bond donors (Lipinski definition) is 1. The quantitative estimate of drug-likeness (QED) is 0.852. The van der Waals surface area contributed by atoms with Gasteiger partial charge in [0.25, 0.3) is 0 Å². The molecule has 0 aliphatic carbocycles. The molecular weight excluding hydrogens is 297 g/mol. The standard InChI is InChI=1S/C17H22FN3O2/c1-4-21(10-16-12(2)20-23-13(16)3)11-17(22)19-9-14-5-7-15(18)8-6-14/h5-8H,4,9-11H2,1-3H3,(H,19,22). The van der Waals surface area contributed by atoms with E-state index in [0.717, 1.165) is 29.1 Å². The van der Waals surface area contributed by atoms with Gasteiger partial charge in [-0.1, -0.05) is 24.2 Å². The molecule has 1 aromatic heterocycles. The minimum absolute atomic E-state index is 0.0667. The zero-order valence-electron chi connectivity index (χ0n) is 13.7. The number of halogens is 1. The summed E-state index contributed by atoms with van der Waals surface area (Å²) in [6, 6.07) is 6.10. The Hall–Kier alpha value is -2.21. The summed E-state index contributed by atoms with van der Waals surface area (Å²) in [6.45, 7) is 7.83. The summed E-state index contributed by atoms with van der Waals surface area (Å²) in [7, 11) is 0. The number of benzene rings is 1. The first-order valence-corrected chi connectivity index (χ1v) is 7.64. The highest BCUT2D eigenvalue weighted by atomic mass is 19.1. The van der Waals surface area contributed by atoms with Crippen molar-refractivity contribution in [3.05, 3.63) is 52.7 Å². The Morgan fingerprint density at radius 2 is 2.00 bits per heavy atom. The van der Waals surface area contributed by atoms with E-state index in [1.807, 2.05) is 25.7 Å². The molecule has 0 bridgehead atoms. The summed E-state index contributed by atoms with van der Waals surface area (Å²) in [6.07, 6.45) is 0. The van der Waals surface area contributed by atoms with Crippen LogP contribution in [0.3, 0.4) is 0 Å². The molecule has 6 heteroatoms. The van der Waals surface area contributed by atoms with E-state index < -0.39 is 0 Å². The molecule has 0 saturated carbocycles. The van der Waals surface area contributed by atoms with Crippen LogP contribution in [0.1, 0.15) is 29.5 Å². The van der Waals surface area contributed by atoms with Crippen molar-refractivity contribution < 1.29 is 13.7 Å². The second-order valence-corrected chi connectivity index (χ2v) is 5.51. The lowest BCUT2D eigenvalue weighted by Gasteiger charge is -2.19. The van der Waals surface area contributed by atoms with Crippen LogP contribution in [0.4, 0.5) is 4.39 Å². The smallest absolute Gasteiger partial charge is 0.234 e. The molecular formula is C17H22FN3O2. The van der Waals surface area contributed by atoms with Gasteiger partial charge in [-0.05, 0) is 38.1 Å². The third-order valence-corrected chi connectivity index (χ3v) is 3.78. The molecule has 1 heterocycles. The Morgan fingerprint density at radius 1 is 1.30 bits per heavy atom. The number of rotatable bonds is 7. The number of carbonyl (C=O) groups is 1. The average Bonchev–Trinajstić information content (AvgIpc) is 2.85. The maximum atomic E-state index is 12.8. The number of nitrogens with zero attached hydrogens (tertiary/aromatic N) is 2. The van der Waals surface area contributed by atoms with Crippen LogP contribution in [0.15, 0.2) is 28.8 Å². The van der Waals surface area contributed by atoms with Crippen molar-refractivity contribution in [3.8, 4) is 0 Å². The number of aryl methyl sites for hydroxylation is 2. The van der Waals surface area contributed by atoms with Crippen molar-refractivity contribution >= 4 is 5.91 Å². The van der Waals surface area contributed by atoms with Crippen molar-refractivity contribution in [1.29, 1.82) is 0 Å². The van der Waals surface area contributed by atoms with Crippen molar-refractivity contribution in [3.63, 3.8) is 0 Å². The summed E-state index contributed by atoms with van der Waals surface area (Å²) in [5.74, 6) is 0.437. The number of carbonyl (C=O) groups excluding carboxylic acids is 1. The lowest BCUT2D eigenvalue weighted by molar-refractivity contribution is -0.122. The molecule has 5 nitrogen and oxygen atoms in total. The molecule has 0 saturated heterocycles. The highest BCUT2D eigenvalue weighted by Gasteiger charge is 2.15. The van der Waals surface area contributed by atoms with E-state index in [2.05, 4.69) is 10.5 Å². The minimum Gasteiger partial charge on any atom is -0.361 e. The molecule has 0 unspecified atom stereocenters. The highest BCUT2D eigenvalue weighted by Crippen LogP contribution is 2.14. The van der Waals surface area contributed by atoms with Gasteiger partial charge >= 0.3 is 0 Å². The van der Waals surface area contributed by atoms with E-state index in [1.54, 1.807) is 12.1 Å². The maximum Gasteiger partial charge on any atom is 0.234 e. The average molecular weight is 319 g/mol. The molecule has 1 amide bonds. The molecule has 0 radical (unpaired) electrons. The van der Waals surface area contributed by atoms with Gasteiger partial charge in [-0.3, -0.25) is 9.69 Å². The minimum atomic E-state index is -0.281. The first kappa shape index (κ1) is 17.1. The van der Waals surface area contributed by atoms with Gasteiger partial charge in [-0.25, -0.2) is 4.39 Å². The second-order valence-electron chi connectivity index (χ2n) is 5.51. The van der Waals surface area contributed by atoms with Crippen molar-refractivity contribution in [2.45, 2.75) is 33.9 Å². The van der Waals surface area contributed by atoms with Crippen LogP contribution in [-0.4, -0.2) is 29.1 Å². The zero-order valence-corrected chi connectivity index (χ0v) is 13.7. The maximum absolute atomic E-state index is 12.8. The van der Waals surface area contributed by atoms with E-state index in [1.165, 1.54) is 12.1 Å². The predicted octanol–water partition coefficient (Wildman–Crippen LogP) is 2.57. The topological polar surface area (TPSA) is 58.4 Å². The monoisotopic (exact) mass is 319 g/mol. The van der Waals surface area contributed by atoms with Crippen LogP contribution in [0, 0.1) is 19.7 Å². The van der Waals surface area contributed by atoms with Crippen molar-refractivity contribution in [2.75, 3.05) is 13.1 Å².